The van der Waals surface area contributed by atoms with Crippen LogP contribution >= 0.6 is 27.5 Å². The van der Waals surface area contributed by atoms with E-state index in [2.05, 4.69) is 32.4 Å². The van der Waals surface area contributed by atoms with Crippen molar-refractivity contribution in [2.45, 2.75) is 32.2 Å². The summed E-state index contributed by atoms with van der Waals surface area (Å²) < 4.78 is 16.1. The molecule has 1 saturated carbocycles. The van der Waals surface area contributed by atoms with E-state index in [1.165, 1.54) is 18.9 Å². The second kappa shape index (κ2) is 4.20. The lowest BCUT2D eigenvalue weighted by atomic mass is 10.1. The molecule has 0 saturated heterocycles. The first-order valence-corrected chi connectivity index (χ1v) is 7.25. The minimum absolute atomic E-state index is 0.286. The van der Waals surface area contributed by atoms with Crippen LogP contribution in [0.1, 0.15) is 25.6 Å². The Balaban J connectivity index is 2.17. The van der Waals surface area contributed by atoms with Crippen molar-refractivity contribution in [2.24, 2.45) is 5.41 Å². The summed E-state index contributed by atoms with van der Waals surface area (Å²) in [5.41, 5.74) is 1.98. The van der Waals surface area contributed by atoms with Gasteiger partial charge in [-0.05, 0) is 40.3 Å². The van der Waals surface area contributed by atoms with Crippen molar-refractivity contribution in [2.75, 3.05) is 0 Å². The van der Waals surface area contributed by atoms with Crippen molar-refractivity contribution < 1.29 is 4.39 Å². The first-order chi connectivity index (χ1) is 8.52. The van der Waals surface area contributed by atoms with Crippen LogP contribution in [0.2, 0.25) is 0 Å². The third-order valence-corrected chi connectivity index (χ3v) is 4.48. The molecule has 1 aromatic carbocycles. The molecule has 0 aliphatic heterocycles. The second-order valence-corrected chi connectivity index (χ2v) is 6.44. The van der Waals surface area contributed by atoms with Gasteiger partial charge in [0.15, 0.2) is 0 Å². The normalized spacial score (nSPS) is 17.3. The molecule has 1 aliphatic carbocycles. The molecule has 1 fully saturated rings. The van der Waals surface area contributed by atoms with Crippen LogP contribution in [0, 0.1) is 11.2 Å². The van der Waals surface area contributed by atoms with E-state index in [1.54, 1.807) is 6.07 Å². The molecular weight excluding hydrogens is 319 g/mol. The number of imidazole rings is 1. The van der Waals surface area contributed by atoms with Gasteiger partial charge in [0.1, 0.15) is 11.6 Å². The van der Waals surface area contributed by atoms with Gasteiger partial charge in [0.25, 0.3) is 0 Å². The van der Waals surface area contributed by atoms with Crippen LogP contribution in [0.25, 0.3) is 11.0 Å². The first-order valence-electron chi connectivity index (χ1n) is 5.92. The molecule has 18 heavy (non-hydrogen) atoms. The Bertz CT molecular complexity index is 619. The molecule has 0 N–H and O–H groups in total. The lowest BCUT2D eigenvalue weighted by molar-refractivity contribution is 0.465. The summed E-state index contributed by atoms with van der Waals surface area (Å²) in [4.78, 5) is 4.42. The fourth-order valence-corrected chi connectivity index (χ4v) is 2.74. The molecule has 0 radical (unpaired) electrons. The summed E-state index contributed by atoms with van der Waals surface area (Å²) in [6.07, 6.45) is 2.47. The summed E-state index contributed by atoms with van der Waals surface area (Å²) in [7, 11) is 0. The van der Waals surface area contributed by atoms with E-state index < -0.39 is 0 Å². The molecule has 2 aromatic rings. The summed E-state index contributed by atoms with van der Waals surface area (Å²) in [6.45, 7) is 3.17. The van der Waals surface area contributed by atoms with Gasteiger partial charge in [-0.2, -0.15) is 0 Å². The quantitative estimate of drug-likeness (QED) is 0.758. The molecule has 2 nitrogen and oxygen atoms in total. The average molecular weight is 332 g/mol. The zero-order chi connectivity index (χ0) is 12.9. The van der Waals surface area contributed by atoms with Crippen LogP contribution < -0.4 is 0 Å². The Morgan fingerprint density at radius 2 is 2.22 bits per heavy atom. The molecule has 1 heterocycles. The lowest BCUT2D eigenvalue weighted by Crippen LogP contribution is -2.10. The van der Waals surface area contributed by atoms with Crippen LogP contribution in [0.15, 0.2) is 16.6 Å². The zero-order valence-corrected chi connectivity index (χ0v) is 12.4. The van der Waals surface area contributed by atoms with Crippen molar-refractivity contribution in [1.82, 2.24) is 9.55 Å². The highest BCUT2D eigenvalue weighted by Gasteiger charge is 2.38. The van der Waals surface area contributed by atoms with E-state index in [9.17, 15) is 4.39 Å². The second-order valence-electron chi connectivity index (χ2n) is 5.31. The number of hydrogen-bond donors (Lipinski definition) is 0. The number of benzene rings is 1. The van der Waals surface area contributed by atoms with Crippen molar-refractivity contribution in [3.8, 4) is 0 Å². The van der Waals surface area contributed by atoms with Gasteiger partial charge in [-0.25, -0.2) is 9.37 Å². The third kappa shape index (κ3) is 2.05. The van der Waals surface area contributed by atoms with Gasteiger partial charge in [-0.15, -0.1) is 11.6 Å². The Morgan fingerprint density at radius 3 is 2.83 bits per heavy atom. The number of rotatable bonds is 3. The highest BCUT2D eigenvalue weighted by molar-refractivity contribution is 9.10. The van der Waals surface area contributed by atoms with Crippen LogP contribution in [0.3, 0.4) is 0 Å². The van der Waals surface area contributed by atoms with Crippen LogP contribution in [-0.2, 0) is 12.4 Å². The maximum Gasteiger partial charge on any atom is 0.139 e. The largest absolute Gasteiger partial charge is 0.326 e. The molecule has 1 aliphatic rings. The number of alkyl halides is 1. The standard InChI is InChI=1S/C13H13BrClFN2/c1-13(2-3-13)7-18-11-4-8(14)9(16)5-10(11)17-12(18)6-15/h4-5H,2-3,6-7H2,1H3. The highest BCUT2D eigenvalue weighted by Crippen LogP contribution is 2.47. The number of fused-ring (bicyclic) bond motifs is 1. The predicted octanol–water partition coefficient (Wildman–Crippen LogP) is 4.48. The SMILES string of the molecule is CC1(Cn2c(CCl)nc3cc(F)c(Br)cc32)CC1. The van der Waals surface area contributed by atoms with Gasteiger partial charge in [0.05, 0.1) is 21.4 Å². The predicted molar refractivity (Wildman–Crippen MR) is 74.3 cm³/mol. The molecular formula is C13H13BrClFN2. The van der Waals surface area contributed by atoms with Crippen molar-refractivity contribution in [3.05, 3.63) is 28.2 Å². The zero-order valence-electron chi connectivity index (χ0n) is 10.0. The van der Waals surface area contributed by atoms with Crippen LogP contribution in [0.4, 0.5) is 4.39 Å². The summed E-state index contributed by atoms with van der Waals surface area (Å²) in [5, 5.41) is 0. The van der Waals surface area contributed by atoms with Crippen LogP contribution in [-0.4, -0.2) is 9.55 Å². The average Bonchev–Trinajstić information content (AvgIpc) is 2.97. The number of hydrogen-bond acceptors (Lipinski definition) is 1. The third-order valence-electron chi connectivity index (χ3n) is 3.63. The van der Waals surface area contributed by atoms with Crippen molar-refractivity contribution in [1.29, 1.82) is 0 Å². The fraction of sp³-hybridized carbons (Fsp3) is 0.462. The van der Waals surface area contributed by atoms with Crippen LogP contribution in [0.5, 0.6) is 0 Å². The van der Waals surface area contributed by atoms with Gasteiger partial charge in [-0.3, -0.25) is 0 Å². The summed E-state index contributed by atoms with van der Waals surface area (Å²) >= 11 is 9.17. The molecule has 0 spiro atoms. The fourth-order valence-electron chi connectivity index (χ4n) is 2.20. The number of halogens is 3. The summed E-state index contributed by atoms with van der Waals surface area (Å²) in [6, 6.07) is 3.25. The Kier molecular flexibility index (Phi) is 2.90. The van der Waals surface area contributed by atoms with Gasteiger partial charge in [0, 0.05) is 12.6 Å². The van der Waals surface area contributed by atoms with E-state index in [0.717, 1.165) is 17.9 Å². The van der Waals surface area contributed by atoms with E-state index >= 15 is 0 Å². The molecule has 0 amide bonds. The minimum Gasteiger partial charge on any atom is -0.326 e. The highest BCUT2D eigenvalue weighted by atomic mass is 79.9. The lowest BCUT2D eigenvalue weighted by Gasteiger charge is -2.13. The van der Waals surface area contributed by atoms with E-state index in [-0.39, 0.29) is 5.82 Å². The first kappa shape index (κ1) is 12.4. The van der Waals surface area contributed by atoms with E-state index in [0.29, 0.717) is 21.3 Å². The Labute approximate surface area is 118 Å². The van der Waals surface area contributed by atoms with E-state index in [1.807, 2.05) is 0 Å². The maximum absolute atomic E-state index is 13.5. The van der Waals surface area contributed by atoms with Gasteiger partial charge in [-0.1, -0.05) is 6.92 Å². The Hall–Kier alpha value is -0.610. The maximum atomic E-state index is 13.5. The monoisotopic (exact) mass is 330 g/mol. The summed E-state index contributed by atoms with van der Waals surface area (Å²) in [5.74, 6) is 0.882. The van der Waals surface area contributed by atoms with Gasteiger partial charge < -0.3 is 4.57 Å². The minimum atomic E-state index is -0.286. The topological polar surface area (TPSA) is 17.8 Å². The van der Waals surface area contributed by atoms with Gasteiger partial charge in [0.2, 0.25) is 0 Å². The van der Waals surface area contributed by atoms with Gasteiger partial charge >= 0.3 is 0 Å². The smallest absolute Gasteiger partial charge is 0.139 e. The molecule has 1 aromatic heterocycles. The number of aromatic nitrogens is 2. The number of nitrogens with zero attached hydrogens (tertiary/aromatic N) is 2. The molecule has 0 unspecified atom stereocenters. The van der Waals surface area contributed by atoms with E-state index in [4.69, 9.17) is 11.6 Å². The van der Waals surface area contributed by atoms with Crippen molar-refractivity contribution in [3.63, 3.8) is 0 Å². The molecule has 96 valence electrons. The van der Waals surface area contributed by atoms with Crippen molar-refractivity contribution >= 4 is 38.6 Å². The molecule has 5 heteroatoms. The molecule has 0 bridgehead atoms. The Morgan fingerprint density at radius 1 is 1.50 bits per heavy atom. The molecule has 0 atom stereocenters. The molecule has 3 rings (SSSR count).